The summed E-state index contributed by atoms with van der Waals surface area (Å²) in [6.07, 6.45) is 1.57. The van der Waals surface area contributed by atoms with Crippen molar-refractivity contribution in [2.45, 2.75) is 93.8 Å². The second-order valence-corrected chi connectivity index (χ2v) is 26.0. The van der Waals surface area contributed by atoms with E-state index < -0.39 is 59.2 Å². The van der Waals surface area contributed by atoms with E-state index in [1.165, 1.54) is 0 Å². The molecule has 12 rings (SSSR count). The molecule has 10 N–H and O–H groups in total. The van der Waals surface area contributed by atoms with Crippen molar-refractivity contribution in [1.29, 1.82) is 0 Å². The molecule has 108 heavy (non-hydrogen) atoms. The summed E-state index contributed by atoms with van der Waals surface area (Å²) in [7, 11) is 3.30. The van der Waals surface area contributed by atoms with Gasteiger partial charge in [-0.2, -0.15) is 0 Å². The summed E-state index contributed by atoms with van der Waals surface area (Å²) in [5.41, 5.74) is 18.8. The molecule has 0 aliphatic heterocycles. The maximum atomic E-state index is 13.3. The molecule has 560 valence electrons. The van der Waals surface area contributed by atoms with Gasteiger partial charge in [-0.15, -0.1) is 0 Å². The standard InChI is InChI=1S/C44H45N3O6.C41H40N2O5.C3H7NO2.CH4/c1-52-34-25-23-33(24-26-34)44(31-14-4-2-5-15-31,32-16-6-3-7-17-32)46-28-13-12-22-40(42(50)45-29-27-41(48)49)47-43(51)53-30-39-37-20-10-8-18-35(37)36-19-9-11-21-38(36)39;1-47-32-25-23-31(24-26-32)41(29-14-4-2-5-15-29,30-16-6-3-7-17-30)42-27-13-12-22-38(39(44)45)43-40(46)48-28-37-35-20-10-8-18-33(35)34-19-9-11-21-36(34)37;4-2-1-3(5)6;/h2-11,14-21,23-26,39-40,46H,12-13,22,27-30H2,1H3,(H,45,50)(H,47,51)(H,48,49);2-11,14-21,23-26,37-38,42H,12-13,22,27-28H2,1H3,(H,43,46)(H,44,45);1-2,4H2,(H,5,6);1H4/t40-;38-;;/m00../s1. The predicted molar refractivity (Wildman–Crippen MR) is 420 cm³/mol. The van der Waals surface area contributed by atoms with Gasteiger partial charge in [-0.25, -0.2) is 14.4 Å². The Hall–Kier alpha value is -11.9. The molecule has 0 spiro atoms. The summed E-state index contributed by atoms with van der Waals surface area (Å²) in [4.78, 5) is 72.2. The number of aliphatic carboxylic acids is 3. The van der Waals surface area contributed by atoms with Crippen molar-refractivity contribution >= 4 is 36.0 Å². The maximum Gasteiger partial charge on any atom is 0.407 e. The minimum absolute atomic E-state index is 0. The van der Waals surface area contributed by atoms with Crippen LogP contribution in [0, 0.1) is 0 Å². The number of unbranched alkanes of at least 4 members (excludes halogenated alkanes) is 2. The van der Waals surface area contributed by atoms with Gasteiger partial charge in [0.25, 0.3) is 0 Å². The maximum absolute atomic E-state index is 13.3. The van der Waals surface area contributed by atoms with Gasteiger partial charge in [-0.05, 0) is 154 Å². The van der Waals surface area contributed by atoms with Gasteiger partial charge in [-0.1, -0.05) is 250 Å². The molecule has 0 fully saturated rings. The lowest BCUT2D eigenvalue weighted by atomic mass is 9.77. The van der Waals surface area contributed by atoms with Crippen molar-refractivity contribution in [2.24, 2.45) is 5.73 Å². The minimum Gasteiger partial charge on any atom is -0.497 e. The highest BCUT2D eigenvalue weighted by molar-refractivity contribution is 5.86. The molecular formula is C89H96N6O13. The average molecular weight is 1460 g/mol. The van der Waals surface area contributed by atoms with Gasteiger partial charge in [0.15, 0.2) is 0 Å². The number of carbonyl (C=O) groups is 6. The van der Waals surface area contributed by atoms with Crippen LogP contribution in [0.4, 0.5) is 9.59 Å². The van der Waals surface area contributed by atoms with E-state index in [4.69, 9.17) is 34.9 Å². The predicted octanol–water partition coefficient (Wildman–Crippen LogP) is 15.0. The third kappa shape index (κ3) is 20.2. The lowest BCUT2D eigenvalue weighted by molar-refractivity contribution is -0.140. The molecule has 2 atom stereocenters. The number of hydrogen-bond acceptors (Lipinski definition) is 13. The molecule has 0 aromatic heterocycles. The van der Waals surface area contributed by atoms with Crippen LogP contribution in [0.15, 0.2) is 267 Å². The Morgan fingerprint density at radius 2 is 0.694 bits per heavy atom. The van der Waals surface area contributed by atoms with Crippen molar-refractivity contribution in [2.75, 3.05) is 53.6 Å². The number of carboxylic acids is 3. The van der Waals surface area contributed by atoms with E-state index >= 15 is 0 Å². The van der Waals surface area contributed by atoms with Crippen molar-refractivity contribution in [1.82, 2.24) is 26.6 Å². The highest BCUT2D eigenvalue weighted by Gasteiger charge is 2.38. The first-order valence-corrected chi connectivity index (χ1v) is 36.1. The van der Waals surface area contributed by atoms with Crippen molar-refractivity contribution in [3.63, 3.8) is 0 Å². The Labute approximate surface area is 631 Å². The highest BCUT2D eigenvalue weighted by Crippen LogP contribution is 2.47. The monoisotopic (exact) mass is 1460 g/mol. The molecule has 0 saturated carbocycles. The normalized spacial score (nSPS) is 12.4. The molecule has 10 aromatic rings. The van der Waals surface area contributed by atoms with Gasteiger partial charge in [0.1, 0.15) is 36.8 Å². The molecular weight excluding hydrogens is 1360 g/mol. The Bertz CT molecular complexity index is 4360. The summed E-state index contributed by atoms with van der Waals surface area (Å²) >= 11 is 0. The van der Waals surface area contributed by atoms with Crippen LogP contribution in [0.5, 0.6) is 11.5 Å². The van der Waals surface area contributed by atoms with Gasteiger partial charge >= 0.3 is 30.1 Å². The van der Waals surface area contributed by atoms with Gasteiger partial charge in [0.2, 0.25) is 5.91 Å². The SMILES string of the molecule is C.COc1ccc(C(NCCCC[C@H](NC(=O)OCC2c3ccccc3-c3ccccc32)C(=O)NCCC(=O)O)(c2ccccc2)c2ccccc2)cc1.COc1ccc(C(NCCCC[C@H](NC(=O)OCC2c3ccccc3-c3ccccc32)C(=O)O)(c2ccccc2)c2ccccc2)cc1.NCCC(=O)O. The third-order valence-electron chi connectivity index (χ3n) is 19.4. The topological polar surface area (TPSA) is 286 Å². The lowest BCUT2D eigenvalue weighted by Crippen LogP contribution is -2.47. The van der Waals surface area contributed by atoms with Crippen molar-refractivity contribution in [3.05, 3.63) is 323 Å². The minimum atomic E-state index is -1.09. The fourth-order valence-electron chi connectivity index (χ4n) is 14.2. The molecule has 3 amide bonds. The summed E-state index contributed by atoms with van der Waals surface area (Å²) in [6.45, 7) is 1.62. The number of carboxylic acid groups (broad SMARTS) is 3. The Morgan fingerprint density at radius 1 is 0.389 bits per heavy atom. The summed E-state index contributed by atoms with van der Waals surface area (Å²) in [6, 6.07) is 87.7. The summed E-state index contributed by atoms with van der Waals surface area (Å²) in [5.74, 6) is -2.07. The second-order valence-electron chi connectivity index (χ2n) is 26.0. The van der Waals surface area contributed by atoms with Crippen LogP contribution < -0.4 is 41.8 Å². The van der Waals surface area contributed by atoms with Gasteiger partial charge in [0.05, 0.1) is 38.1 Å². The first-order chi connectivity index (χ1) is 52.2. The molecule has 0 bridgehead atoms. The number of nitrogens with one attached hydrogen (secondary N) is 5. The molecule has 2 aliphatic carbocycles. The molecule has 19 nitrogen and oxygen atoms in total. The third-order valence-corrected chi connectivity index (χ3v) is 19.4. The van der Waals surface area contributed by atoms with E-state index in [1.807, 2.05) is 170 Å². The quantitative estimate of drug-likeness (QED) is 0.0136. The average Bonchev–Trinajstić information content (AvgIpc) is 1.75. The van der Waals surface area contributed by atoms with E-state index in [2.05, 4.69) is 124 Å². The number of ether oxygens (including phenoxy) is 4. The number of alkyl carbamates (subject to hydrolysis) is 2. The molecule has 2 aliphatic rings. The second kappa shape index (κ2) is 40.0. The number of fused-ring (bicyclic) bond motifs is 6. The smallest absolute Gasteiger partial charge is 0.407 e. The van der Waals surface area contributed by atoms with Crippen LogP contribution in [0.1, 0.15) is 126 Å². The van der Waals surface area contributed by atoms with Crippen LogP contribution in [0.3, 0.4) is 0 Å². The first kappa shape index (κ1) is 80.2. The number of methoxy groups -OCH3 is 2. The number of nitrogens with two attached hydrogens (primary N) is 1. The largest absolute Gasteiger partial charge is 0.497 e. The van der Waals surface area contributed by atoms with Gasteiger partial charge < -0.3 is 56.0 Å². The van der Waals surface area contributed by atoms with Crippen LogP contribution in [0.25, 0.3) is 22.3 Å². The Kier molecular flexibility index (Phi) is 29.7. The number of hydrogen-bond donors (Lipinski definition) is 9. The van der Waals surface area contributed by atoms with E-state index in [1.54, 1.807) is 14.2 Å². The van der Waals surface area contributed by atoms with Crippen molar-refractivity contribution < 1.29 is 63.0 Å². The molecule has 10 aromatic carbocycles. The lowest BCUT2D eigenvalue weighted by Gasteiger charge is -2.37. The zero-order chi connectivity index (χ0) is 75.4. The molecule has 0 unspecified atom stereocenters. The van der Waals surface area contributed by atoms with Crippen LogP contribution >= 0.6 is 0 Å². The highest BCUT2D eigenvalue weighted by atomic mass is 16.6. The van der Waals surface area contributed by atoms with Gasteiger partial charge in [0, 0.05) is 24.9 Å². The fraction of sp³-hybridized carbons (Fsp3) is 0.258. The molecule has 0 saturated heterocycles. The van der Waals surface area contributed by atoms with Crippen LogP contribution in [-0.4, -0.2) is 117 Å². The van der Waals surface area contributed by atoms with Gasteiger partial charge in [-0.3, -0.25) is 25.0 Å². The van der Waals surface area contributed by atoms with Crippen molar-refractivity contribution in [3.8, 4) is 33.8 Å². The number of amides is 3. The van der Waals surface area contributed by atoms with Crippen LogP contribution in [0.2, 0.25) is 0 Å². The zero-order valence-corrected chi connectivity index (χ0v) is 60.1. The first-order valence-electron chi connectivity index (χ1n) is 36.1. The zero-order valence-electron chi connectivity index (χ0n) is 60.1. The molecule has 0 heterocycles. The van der Waals surface area contributed by atoms with Crippen LogP contribution in [-0.2, 0) is 39.7 Å². The number of rotatable bonds is 33. The summed E-state index contributed by atoms with van der Waals surface area (Å²) < 4.78 is 22.3. The Morgan fingerprint density at radius 3 is 1.00 bits per heavy atom. The number of benzene rings is 10. The Balaban J connectivity index is 0.000000230. The number of carbonyl (C=O) groups excluding carboxylic acids is 3. The molecule has 0 radical (unpaired) electrons. The van der Waals surface area contributed by atoms with E-state index in [9.17, 15) is 33.9 Å². The summed E-state index contributed by atoms with van der Waals surface area (Å²) in [5, 5.41) is 42.6. The fourth-order valence-corrected chi connectivity index (χ4v) is 14.2. The van der Waals surface area contributed by atoms with E-state index in [0.29, 0.717) is 45.2 Å². The van der Waals surface area contributed by atoms with E-state index in [-0.39, 0.29) is 64.8 Å². The molecule has 19 heteroatoms. The van der Waals surface area contributed by atoms with E-state index in [0.717, 1.165) is 89.4 Å².